The Morgan fingerprint density at radius 1 is 0.957 bits per heavy atom. The lowest BCUT2D eigenvalue weighted by molar-refractivity contribution is -0.134. The Hall–Kier alpha value is -1.30. The second kappa shape index (κ2) is 7.51. The van der Waals surface area contributed by atoms with Crippen LogP contribution in [0.1, 0.15) is 40.0 Å². The van der Waals surface area contributed by atoms with Gasteiger partial charge in [-0.25, -0.2) is 4.79 Å². The van der Waals surface area contributed by atoms with Gasteiger partial charge in [0.1, 0.15) is 5.60 Å². The Morgan fingerprint density at radius 3 is 2.04 bits per heavy atom. The van der Waals surface area contributed by atoms with Crippen molar-refractivity contribution in [3.63, 3.8) is 0 Å². The lowest BCUT2D eigenvalue weighted by Gasteiger charge is -2.36. The number of likely N-dealkylation sites (N-methyl/N-ethyl adjacent to an activating group) is 1. The Balaban J connectivity index is 1.72. The van der Waals surface area contributed by atoms with Crippen molar-refractivity contribution in [2.24, 2.45) is 5.92 Å². The second-order valence-corrected chi connectivity index (χ2v) is 7.80. The molecule has 0 unspecified atom stereocenters. The lowest BCUT2D eigenvalue weighted by atomic mass is 9.93. The Kier molecular flexibility index (Phi) is 5.89. The first-order valence-electron chi connectivity index (χ1n) is 8.69. The molecule has 0 bridgehead atoms. The van der Waals surface area contributed by atoms with E-state index in [-0.39, 0.29) is 12.0 Å². The molecule has 132 valence electrons. The maximum absolute atomic E-state index is 12.4. The van der Waals surface area contributed by atoms with Gasteiger partial charge in [-0.1, -0.05) is 0 Å². The largest absolute Gasteiger partial charge is 0.444 e. The summed E-state index contributed by atoms with van der Waals surface area (Å²) >= 11 is 0. The van der Waals surface area contributed by atoms with Crippen molar-refractivity contribution in [2.45, 2.75) is 45.6 Å². The number of likely N-dealkylation sites (tertiary alicyclic amines) is 1. The number of amides is 2. The molecule has 0 aromatic carbocycles. The van der Waals surface area contributed by atoms with E-state index < -0.39 is 5.60 Å². The number of nitrogens with zero attached hydrogens (tertiary/aromatic N) is 3. The van der Waals surface area contributed by atoms with Crippen LogP contribution in [0.15, 0.2) is 0 Å². The second-order valence-electron chi connectivity index (χ2n) is 7.80. The molecule has 0 spiro atoms. The molecule has 2 rings (SSSR count). The van der Waals surface area contributed by atoms with Crippen LogP contribution in [-0.2, 0) is 9.53 Å². The molecule has 0 saturated carbocycles. The van der Waals surface area contributed by atoms with E-state index in [4.69, 9.17) is 4.74 Å². The number of ether oxygens (including phenoxy) is 1. The minimum absolute atomic E-state index is 0.235. The molecular weight excluding hydrogens is 294 g/mol. The molecule has 0 aliphatic carbocycles. The van der Waals surface area contributed by atoms with E-state index in [1.165, 1.54) is 0 Å². The van der Waals surface area contributed by atoms with Crippen molar-refractivity contribution in [3.05, 3.63) is 0 Å². The highest BCUT2D eigenvalue weighted by molar-refractivity contribution is 5.76. The monoisotopic (exact) mass is 325 g/mol. The average molecular weight is 325 g/mol. The van der Waals surface area contributed by atoms with Crippen LogP contribution in [0.2, 0.25) is 0 Å². The summed E-state index contributed by atoms with van der Waals surface area (Å²) in [6.07, 6.45) is 2.16. The first-order chi connectivity index (χ1) is 10.7. The van der Waals surface area contributed by atoms with Gasteiger partial charge < -0.3 is 19.4 Å². The van der Waals surface area contributed by atoms with Crippen LogP contribution in [0.25, 0.3) is 0 Å². The molecule has 0 aromatic rings. The molecule has 6 heteroatoms. The third-order valence-electron chi connectivity index (χ3n) is 4.59. The van der Waals surface area contributed by atoms with Gasteiger partial charge in [-0.15, -0.1) is 0 Å². The van der Waals surface area contributed by atoms with Crippen LogP contribution in [0, 0.1) is 5.92 Å². The number of carbonyl (C=O) groups excluding carboxylic acids is 2. The first-order valence-corrected chi connectivity index (χ1v) is 8.69. The van der Waals surface area contributed by atoms with Crippen molar-refractivity contribution in [2.75, 3.05) is 46.3 Å². The fourth-order valence-electron chi connectivity index (χ4n) is 3.08. The average Bonchev–Trinajstić information content (AvgIpc) is 2.46. The molecule has 0 atom stereocenters. The molecule has 6 nitrogen and oxygen atoms in total. The number of piperidine rings is 1. The number of rotatable bonds is 2. The van der Waals surface area contributed by atoms with Gasteiger partial charge in [0.05, 0.1) is 0 Å². The van der Waals surface area contributed by atoms with Gasteiger partial charge in [0.2, 0.25) is 5.91 Å². The van der Waals surface area contributed by atoms with Crippen LogP contribution < -0.4 is 0 Å². The highest BCUT2D eigenvalue weighted by Gasteiger charge is 2.29. The predicted octanol–water partition coefficient (Wildman–Crippen LogP) is 1.80. The van der Waals surface area contributed by atoms with Crippen molar-refractivity contribution in [1.82, 2.24) is 14.7 Å². The molecule has 2 saturated heterocycles. The van der Waals surface area contributed by atoms with E-state index in [0.717, 1.165) is 39.0 Å². The van der Waals surface area contributed by atoms with Crippen LogP contribution in [-0.4, -0.2) is 78.6 Å². The lowest BCUT2D eigenvalue weighted by Crippen LogP contribution is -2.48. The van der Waals surface area contributed by atoms with Crippen molar-refractivity contribution in [1.29, 1.82) is 0 Å². The van der Waals surface area contributed by atoms with E-state index in [2.05, 4.69) is 11.9 Å². The van der Waals surface area contributed by atoms with Crippen LogP contribution in [0.3, 0.4) is 0 Å². The molecule has 2 fully saturated rings. The fraction of sp³-hybridized carbons (Fsp3) is 0.882. The van der Waals surface area contributed by atoms with Crippen molar-refractivity contribution < 1.29 is 14.3 Å². The van der Waals surface area contributed by atoms with Gasteiger partial charge >= 0.3 is 6.09 Å². The van der Waals surface area contributed by atoms with Gasteiger partial charge in [0.25, 0.3) is 0 Å². The third-order valence-corrected chi connectivity index (χ3v) is 4.59. The van der Waals surface area contributed by atoms with Gasteiger partial charge in [0, 0.05) is 45.7 Å². The molecule has 2 aliphatic heterocycles. The van der Waals surface area contributed by atoms with Gasteiger partial charge in [-0.05, 0) is 46.6 Å². The summed E-state index contributed by atoms with van der Waals surface area (Å²) in [5.74, 6) is 0.662. The summed E-state index contributed by atoms with van der Waals surface area (Å²) in [6, 6.07) is 0. The third kappa shape index (κ3) is 5.68. The minimum atomic E-state index is -0.453. The maximum atomic E-state index is 12.4. The van der Waals surface area contributed by atoms with Crippen molar-refractivity contribution >= 4 is 12.0 Å². The van der Waals surface area contributed by atoms with E-state index >= 15 is 0 Å². The quantitative estimate of drug-likeness (QED) is 0.777. The first kappa shape index (κ1) is 18.0. The summed E-state index contributed by atoms with van der Waals surface area (Å²) in [6.45, 7) is 10.6. The summed E-state index contributed by atoms with van der Waals surface area (Å²) in [4.78, 5) is 30.4. The summed E-state index contributed by atoms with van der Waals surface area (Å²) in [5, 5.41) is 0. The molecule has 2 heterocycles. The normalized spacial score (nSPS) is 21.4. The zero-order valence-electron chi connectivity index (χ0n) is 15.0. The summed E-state index contributed by atoms with van der Waals surface area (Å²) in [5.41, 5.74) is -0.453. The molecule has 2 amide bonds. The Labute approximate surface area is 139 Å². The number of piperazine rings is 1. The number of hydrogen-bond donors (Lipinski definition) is 0. The standard InChI is InChI=1S/C17H31N3O3/c1-17(2,3)23-16(22)20-7-5-14(6-8-20)13-15(21)19-11-9-18(4)10-12-19/h14H,5-13H2,1-4H3. The number of carbonyl (C=O) groups is 2. The molecule has 0 N–H and O–H groups in total. The molecule has 2 aliphatic rings. The predicted molar refractivity (Wildman–Crippen MR) is 89.2 cm³/mol. The smallest absolute Gasteiger partial charge is 0.410 e. The van der Waals surface area contributed by atoms with Crippen LogP contribution in [0.4, 0.5) is 4.79 Å². The van der Waals surface area contributed by atoms with E-state index in [0.29, 0.717) is 25.4 Å². The minimum Gasteiger partial charge on any atom is -0.444 e. The van der Waals surface area contributed by atoms with E-state index in [1.54, 1.807) is 4.90 Å². The van der Waals surface area contributed by atoms with Crippen LogP contribution >= 0.6 is 0 Å². The Bertz CT molecular complexity index is 417. The topological polar surface area (TPSA) is 53.1 Å². The van der Waals surface area contributed by atoms with E-state index in [9.17, 15) is 9.59 Å². The SMILES string of the molecule is CN1CCN(C(=O)CC2CCN(C(=O)OC(C)(C)C)CC2)CC1. The zero-order chi connectivity index (χ0) is 17.0. The highest BCUT2D eigenvalue weighted by Crippen LogP contribution is 2.23. The summed E-state index contributed by atoms with van der Waals surface area (Å²) < 4.78 is 5.41. The zero-order valence-corrected chi connectivity index (χ0v) is 15.0. The highest BCUT2D eigenvalue weighted by atomic mass is 16.6. The number of hydrogen-bond acceptors (Lipinski definition) is 4. The molecule has 23 heavy (non-hydrogen) atoms. The van der Waals surface area contributed by atoms with Gasteiger partial charge in [-0.2, -0.15) is 0 Å². The van der Waals surface area contributed by atoms with Gasteiger partial charge in [-0.3, -0.25) is 4.79 Å². The molecule has 0 aromatic heterocycles. The van der Waals surface area contributed by atoms with E-state index in [1.807, 2.05) is 25.7 Å². The van der Waals surface area contributed by atoms with Crippen LogP contribution in [0.5, 0.6) is 0 Å². The maximum Gasteiger partial charge on any atom is 0.410 e. The molecular formula is C17H31N3O3. The summed E-state index contributed by atoms with van der Waals surface area (Å²) in [7, 11) is 2.09. The van der Waals surface area contributed by atoms with Crippen molar-refractivity contribution in [3.8, 4) is 0 Å². The Morgan fingerprint density at radius 2 is 1.52 bits per heavy atom. The van der Waals surface area contributed by atoms with Gasteiger partial charge in [0.15, 0.2) is 0 Å². The molecule has 0 radical (unpaired) electrons. The fourth-order valence-corrected chi connectivity index (χ4v) is 3.08.